The molecule has 0 aliphatic rings. The summed E-state index contributed by atoms with van der Waals surface area (Å²) in [6, 6.07) is 17.1. The molecule has 0 aromatic heterocycles. The Hall–Kier alpha value is -1.09. The fraction of sp³-hybridized carbons (Fsp3) is 0.143. The van der Waals surface area contributed by atoms with Crippen LogP contribution >= 0.6 is 24.5 Å². The topological polar surface area (TPSA) is 27.7 Å². The Morgan fingerprint density at radius 3 is 2.05 bits per heavy atom. The number of hydrogen-bond acceptors (Lipinski definition) is 3. The molecule has 1 atom stereocenters. The van der Waals surface area contributed by atoms with Crippen LogP contribution in [0.2, 0.25) is 0 Å². The fourth-order valence-corrected chi connectivity index (χ4v) is 2.53. The van der Waals surface area contributed by atoms with Crippen molar-refractivity contribution in [1.82, 2.24) is 0 Å². The van der Waals surface area contributed by atoms with Crippen molar-refractivity contribution < 1.29 is 13.6 Å². The number of hydrogen-bond donors (Lipinski definition) is 0. The quantitative estimate of drug-likeness (QED) is 0.679. The lowest BCUT2D eigenvalue weighted by atomic mass is 10.3. The summed E-state index contributed by atoms with van der Waals surface area (Å²) in [7, 11) is -1.44. The van der Waals surface area contributed by atoms with E-state index in [9.17, 15) is 0 Å². The minimum atomic E-state index is -1.44. The van der Waals surface area contributed by atoms with Gasteiger partial charge < -0.3 is 9.05 Å². The van der Waals surface area contributed by atoms with Crippen molar-refractivity contribution in [2.24, 2.45) is 0 Å². The smallest absolute Gasteiger partial charge is 0.418 e. The molecular weight excluding hydrogens is 327 g/mol. The first-order valence-electron chi connectivity index (χ1n) is 5.87. The summed E-state index contributed by atoms with van der Waals surface area (Å²) >= 11 is 3.38. The van der Waals surface area contributed by atoms with Gasteiger partial charge in [-0.1, -0.05) is 34.1 Å². The van der Waals surface area contributed by atoms with Gasteiger partial charge in [0.2, 0.25) is 0 Å². The lowest BCUT2D eigenvalue weighted by molar-refractivity contribution is 0.280. The standard InChI is InChI=1S/C14H14BrO3P/c1-2-16-19(17-13-6-4-3-5-7-13)18-14-10-8-12(15)9-11-14/h3-11H,2H2,1H3. The van der Waals surface area contributed by atoms with Gasteiger partial charge in [-0.15, -0.1) is 0 Å². The monoisotopic (exact) mass is 340 g/mol. The first kappa shape index (κ1) is 14.3. The van der Waals surface area contributed by atoms with Crippen LogP contribution in [-0.4, -0.2) is 6.61 Å². The predicted molar refractivity (Wildman–Crippen MR) is 80.4 cm³/mol. The van der Waals surface area contributed by atoms with Crippen molar-refractivity contribution in [2.45, 2.75) is 6.92 Å². The van der Waals surface area contributed by atoms with Gasteiger partial charge in [0.1, 0.15) is 11.5 Å². The number of halogens is 1. The maximum absolute atomic E-state index is 5.71. The van der Waals surface area contributed by atoms with Gasteiger partial charge in [0.15, 0.2) is 0 Å². The fourth-order valence-electron chi connectivity index (χ4n) is 1.33. The van der Waals surface area contributed by atoms with Gasteiger partial charge in [-0.25, -0.2) is 0 Å². The van der Waals surface area contributed by atoms with Crippen molar-refractivity contribution >= 4 is 24.5 Å². The Balaban J connectivity index is 2.01. The zero-order valence-corrected chi connectivity index (χ0v) is 12.9. The number of benzene rings is 2. The van der Waals surface area contributed by atoms with E-state index in [1.165, 1.54) is 0 Å². The maximum atomic E-state index is 5.71. The van der Waals surface area contributed by atoms with E-state index >= 15 is 0 Å². The van der Waals surface area contributed by atoms with Gasteiger partial charge in [-0.3, -0.25) is 4.52 Å². The Labute approximate surface area is 122 Å². The van der Waals surface area contributed by atoms with Crippen LogP contribution in [0.4, 0.5) is 0 Å². The van der Waals surface area contributed by atoms with Crippen LogP contribution in [0.15, 0.2) is 59.1 Å². The molecule has 0 aliphatic carbocycles. The van der Waals surface area contributed by atoms with E-state index in [1.807, 2.05) is 61.5 Å². The lowest BCUT2D eigenvalue weighted by Crippen LogP contribution is -1.99. The zero-order valence-electron chi connectivity index (χ0n) is 10.5. The van der Waals surface area contributed by atoms with Gasteiger partial charge in [-0.05, 0) is 43.3 Å². The van der Waals surface area contributed by atoms with Crippen molar-refractivity contribution in [3.8, 4) is 11.5 Å². The molecule has 0 fully saturated rings. The Morgan fingerprint density at radius 2 is 1.47 bits per heavy atom. The molecule has 0 bridgehead atoms. The van der Waals surface area contributed by atoms with Crippen LogP contribution in [0, 0.1) is 0 Å². The Morgan fingerprint density at radius 1 is 0.895 bits per heavy atom. The highest BCUT2D eigenvalue weighted by Crippen LogP contribution is 2.41. The van der Waals surface area contributed by atoms with Gasteiger partial charge >= 0.3 is 8.60 Å². The molecule has 3 nitrogen and oxygen atoms in total. The molecule has 0 radical (unpaired) electrons. The molecule has 0 saturated heterocycles. The summed E-state index contributed by atoms with van der Waals surface area (Å²) in [5.41, 5.74) is 0. The number of rotatable bonds is 6. The van der Waals surface area contributed by atoms with E-state index in [4.69, 9.17) is 13.6 Å². The first-order chi connectivity index (χ1) is 9.28. The second-order valence-electron chi connectivity index (χ2n) is 3.59. The third kappa shape index (κ3) is 4.83. The maximum Gasteiger partial charge on any atom is 0.463 e. The van der Waals surface area contributed by atoms with Crippen LogP contribution in [0.1, 0.15) is 6.92 Å². The van der Waals surface area contributed by atoms with E-state index in [0.717, 1.165) is 16.0 Å². The summed E-state index contributed by atoms with van der Waals surface area (Å²) in [5.74, 6) is 1.46. The average molecular weight is 341 g/mol. The van der Waals surface area contributed by atoms with Crippen molar-refractivity contribution in [3.63, 3.8) is 0 Å². The van der Waals surface area contributed by atoms with Crippen molar-refractivity contribution in [1.29, 1.82) is 0 Å². The molecule has 0 amide bonds. The molecule has 0 spiro atoms. The summed E-state index contributed by atoms with van der Waals surface area (Å²) in [4.78, 5) is 0. The van der Waals surface area contributed by atoms with Crippen LogP contribution in [0.25, 0.3) is 0 Å². The molecule has 19 heavy (non-hydrogen) atoms. The van der Waals surface area contributed by atoms with E-state index in [1.54, 1.807) is 0 Å². The van der Waals surface area contributed by atoms with Crippen LogP contribution in [0.5, 0.6) is 11.5 Å². The minimum absolute atomic E-state index is 0.537. The highest BCUT2D eigenvalue weighted by molar-refractivity contribution is 9.10. The van der Waals surface area contributed by atoms with Gasteiger partial charge in [-0.2, -0.15) is 0 Å². The number of para-hydroxylation sites is 1. The molecule has 0 heterocycles. The minimum Gasteiger partial charge on any atom is -0.418 e. The molecule has 5 heteroatoms. The SMILES string of the molecule is CCOP(Oc1ccccc1)Oc1ccc(Br)cc1. The molecular formula is C14H14BrO3P. The van der Waals surface area contributed by atoms with Crippen LogP contribution in [0.3, 0.4) is 0 Å². The molecule has 100 valence electrons. The Kier molecular flexibility index (Phi) is 5.64. The highest BCUT2D eigenvalue weighted by Gasteiger charge is 2.16. The van der Waals surface area contributed by atoms with E-state index in [-0.39, 0.29) is 0 Å². The largest absolute Gasteiger partial charge is 0.463 e. The third-order valence-corrected chi connectivity index (χ3v) is 3.87. The summed E-state index contributed by atoms with van der Waals surface area (Å²) in [6.45, 7) is 2.45. The van der Waals surface area contributed by atoms with Crippen molar-refractivity contribution in [2.75, 3.05) is 6.61 Å². The molecule has 2 rings (SSSR count). The highest BCUT2D eigenvalue weighted by atomic mass is 79.9. The molecule has 2 aromatic rings. The molecule has 2 aromatic carbocycles. The van der Waals surface area contributed by atoms with Crippen LogP contribution in [-0.2, 0) is 4.52 Å². The van der Waals surface area contributed by atoms with Crippen molar-refractivity contribution in [3.05, 3.63) is 59.1 Å². The van der Waals surface area contributed by atoms with Gasteiger partial charge in [0.25, 0.3) is 0 Å². The van der Waals surface area contributed by atoms with Gasteiger partial charge in [0.05, 0.1) is 6.61 Å². The molecule has 1 unspecified atom stereocenters. The zero-order chi connectivity index (χ0) is 13.5. The second kappa shape index (κ2) is 7.49. The van der Waals surface area contributed by atoms with Crippen LogP contribution < -0.4 is 9.05 Å². The van der Waals surface area contributed by atoms with Gasteiger partial charge in [0, 0.05) is 4.47 Å². The lowest BCUT2D eigenvalue weighted by Gasteiger charge is -2.16. The molecule has 0 aliphatic heterocycles. The Bertz CT molecular complexity index is 490. The predicted octanol–water partition coefficient (Wildman–Crippen LogP) is 5.17. The summed E-state index contributed by atoms with van der Waals surface area (Å²) in [5, 5.41) is 0. The third-order valence-electron chi connectivity index (χ3n) is 2.15. The molecule has 0 saturated carbocycles. The average Bonchev–Trinajstić information content (AvgIpc) is 2.43. The van der Waals surface area contributed by atoms with E-state index in [2.05, 4.69) is 15.9 Å². The van der Waals surface area contributed by atoms with E-state index < -0.39 is 8.60 Å². The summed E-state index contributed by atoms with van der Waals surface area (Å²) in [6.07, 6.45) is 0. The summed E-state index contributed by atoms with van der Waals surface area (Å²) < 4.78 is 17.9. The normalized spacial score (nSPS) is 11.9. The molecule has 0 N–H and O–H groups in total. The second-order valence-corrected chi connectivity index (χ2v) is 5.58. The first-order valence-corrected chi connectivity index (χ1v) is 7.76. The van der Waals surface area contributed by atoms with E-state index in [0.29, 0.717) is 6.61 Å².